The van der Waals surface area contributed by atoms with Crippen molar-refractivity contribution < 1.29 is 0 Å². The summed E-state index contributed by atoms with van der Waals surface area (Å²) in [7, 11) is 0. The van der Waals surface area contributed by atoms with E-state index in [0.29, 0.717) is 5.92 Å². The number of rotatable bonds is 12. The fraction of sp³-hybridized carbons (Fsp3) is 0.217. The fourth-order valence-electron chi connectivity index (χ4n) is 13.4. The minimum atomic E-state index is -0.320. The van der Waals surface area contributed by atoms with Crippen LogP contribution < -0.4 is 4.90 Å². The molecule has 71 heavy (non-hydrogen) atoms. The lowest BCUT2D eigenvalue weighted by Crippen LogP contribution is -2.29. The smallest absolute Gasteiger partial charge is 0.0689 e. The molecule has 1 atom stereocenters. The number of aromatic nitrogens is 1. The van der Waals surface area contributed by atoms with Gasteiger partial charge < -0.3 is 9.47 Å². The van der Waals surface area contributed by atoms with Gasteiger partial charge in [0.25, 0.3) is 0 Å². The molecule has 2 heteroatoms. The third-order valence-corrected chi connectivity index (χ3v) is 16.5. The third-order valence-electron chi connectivity index (χ3n) is 16.5. The topological polar surface area (TPSA) is 8.17 Å². The molecule has 0 saturated carbocycles. The summed E-state index contributed by atoms with van der Waals surface area (Å²) in [4.78, 5) is 2.68. The van der Waals surface area contributed by atoms with E-state index in [-0.39, 0.29) is 5.41 Å². The predicted octanol–water partition coefficient (Wildman–Crippen LogP) is 18.3. The summed E-state index contributed by atoms with van der Waals surface area (Å²) in [6.07, 6.45) is 17.4. The number of anilines is 1. The number of para-hydroxylation sites is 1. The van der Waals surface area contributed by atoms with Gasteiger partial charge in [-0.3, -0.25) is 0 Å². The Kier molecular flexibility index (Phi) is 11.1. The number of nitrogens with zero attached hydrogens (tertiary/aromatic N) is 2. The van der Waals surface area contributed by atoms with Gasteiger partial charge in [-0.05, 0) is 167 Å². The maximum Gasteiger partial charge on any atom is 0.0689 e. The first-order valence-electron chi connectivity index (χ1n) is 26.7. The Bertz CT molecular complexity index is 3520. The van der Waals surface area contributed by atoms with Crippen molar-refractivity contribution in [3.63, 3.8) is 0 Å². The molecule has 0 aliphatic heterocycles. The van der Waals surface area contributed by atoms with E-state index in [0.717, 1.165) is 44.9 Å². The molecule has 0 amide bonds. The van der Waals surface area contributed by atoms with Crippen LogP contribution in [0.25, 0.3) is 55.3 Å². The van der Waals surface area contributed by atoms with Crippen molar-refractivity contribution in [2.75, 3.05) is 4.90 Å². The van der Waals surface area contributed by atoms with Gasteiger partial charge in [-0.15, -0.1) is 0 Å². The first-order valence-corrected chi connectivity index (χ1v) is 26.7. The Hall–Kier alpha value is -7.42. The van der Waals surface area contributed by atoms with Gasteiger partial charge in [0, 0.05) is 39.1 Å². The number of hydrogen-bond acceptors (Lipinski definition) is 1. The van der Waals surface area contributed by atoms with Gasteiger partial charge in [0.15, 0.2) is 0 Å². The summed E-state index contributed by atoms with van der Waals surface area (Å²) >= 11 is 0. The molecule has 8 aromatic carbocycles. The highest BCUT2D eigenvalue weighted by Gasteiger charge is 2.54. The van der Waals surface area contributed by atoms with Crippen molar-refractivity contribution >= 4 is 33.1 Å². The Morgan fingerprint density at radius 3 is 1.83 bits per heavy atom. The largest absolute Gasteiger partial charge is 0.314 e. The van der Waals surface area contributed by atoms with E-state index in [1.807, 2.05) is 0 Å². The van der Waals surface area contributed by atoms with Gasteiger partial charge in [0.05, 0.1) is 16.4 Å². The van der Waals surface area contributed by atoms with Crippen molar-refractivity contribution in [1.82, 2.24) is 4.57 Å². The molecular weight excluding hydrogens is 857 g/mol. The zero-order chi connectivity index (χ0) is 47.5. The van der Waals surface area contributed by atoms with Crippen LogP contribution in [0, 0.1) is 0 Å². The molecule has 4 aliphatic carbocycles. The molecule has 1 heterocycles. The summed E-state index contributed by atoms with van der Waals surface area (Å²) in [6.45, 7) is 4.60. The zero-order valence-corrected chi connectivity index (χ0v) is 41.3. The molecule has 4 aliphatic rings. The maximum atomic E-state index is 2.68. The predicted molar refractivity (Wildman–Crippen MR) is 299 cm³/mol. The lowest BCUT2D eigenvalue weighted by molar-refractivity contribution is 0.591. The second-order valence-corrected chi connectivity index (χ2v) is 20.6. The highest BCUT2D eigenvalue weighted by Crippen LogP contribution is 2.65. The fourth-order valence-corrected chi connectivity index (χ4v) is 13.4. The van der Waals surface area contributed by atoms with Crippen molar-refractivity contribution in [3.8, 4) is 27.9 Å². The highest BCUT2D eigenvalue weighted by molar-refractivity contribution is 6.16. The summed E-state index contributed by atoms with van der Waals surface area (Å²) < 4.78 is 2.54. The Morgan fingerprint density at radius 2 is 1.15 bits per heavy atom. The van der Waals surface area contributed by atoms with Crippen LogP contribution in [0.5, 0.6) is 0 Å². The van der Waals surface area contributed by atoms with Crippen LogP contribution in [0.4, 0.5) is 5.69 Å². The molecule has 1 aromatic heterocycles. The van der Waals surface area contributed by atoms with Gasteiger partial charge >= 0.3 is 0 Å². The number of allylic oxidation sites excluding steroid dienone is 5. The van der Waals surface area contributed by atoms with E-state index in [9.17, 15) is 0 Å². The van der Waals surface area contributed by atoms with E-state index in [1.165, 1.54) is 137 Å². The highest BCUT2D eigenvalue weighted by atomic mass is 15.2. The Balaban J connectivity index is 0.955. The van der Waals surface area contributed by atoms with Crippen molar-refractivity contribution in [1.29, 1.82) is 0 Å². The lowest BCUT2D eigenvalue weighted by Gasteiger charge is -2.38. The molecule has 0 fully saturated rings. The number of aryl methyl sites for hydroxylation is 2. The molecule has 2 nitrogen and oxygen atoms in total. The average Bonchev–Trinajstić information content (AvgIpc) is 4.05. The van der Waals surface area contributed by atoms with Crippen molar-refractivity contribution in [3.05, 3.63) is 256 Å². The second-order valence-electron chi connectivity index (χ2n) is 20.6. The molecule has 0 radical (unpaired) electrons. The van der Waals surface area contributed by atoms with Crippen LogP contribution in [0.1, 0.15) is 116 Å². The minimum absolute atomic E-state index is 0.320. The minimum Gasteiger partial charge on any atom is -0.314 e. The first-order chi connectivity index (χ1) is 35.1. The number of hydrogen-bond donors (Lipinski definition) is 0. The number of unbranched alkanes of at least 4 members (excludes halogenated alkanes) is 2. The molecule has 1 unspecified atom stereocenters. The number of benzene rings is 8. The second kappa shape index (κ2) is 18.1. The Morgan fingerprint density at radius 1 is 0.549 bits per heavy atom. The van der Waals surface area contributed by atoms with Gasteiger partial charge in [-0.25, -0.2) is 0 Å². The van der Waals surface area contributed by atoms with Crippen molar-refractivity contribution in [2.24, 2.45) is 0 Å². The SMILES string of the molecule is CCCCc1cc(CCCC)cc(-n2c3ccccc3c3c(-c4ccc(N(C5=CCC(c6ccccc6)CC5)C5=CCCC6=C5c5ccccc5C65c6ccccc6-c6ccccc65)cc4)cccc32)c1. The van der Waals surface area contributed by atoms with Gasteiger partial charge in [-0.1, -0.05) is 191 Å². The first kappa shape index (κ1) is 43.6. The third kappa shape index (κ3) is 7.04. The Labute approximate surface area is 420 Å². The van der Waals surface area contributed by atoms with Crippen LogP contribution in [0.2, 0.25) is 0 Å². The van der Waals surface area contributed by atoms with E-state index in [1.54, 1.807) is 5.57 Å². The lowest BCUT2D eigenvalue weighted by atomic mass is 9.68. The quantitative estimate of drug-likeness (QED) is 0.119. The maximum absolute atomic E-state index is 2.68. The molecule has 0 saturated heterocycles. The molecule has 9 aromatic rings. The normalized spacial score (nSPS) is 16.5. The molecule has 1 spiro atoms. The molecule has 348 valence electrons. The van der Waals surface area contributed by atoms with Gasteiger partial charge in [0.2, 0.25) is 0 Å². The van der Waals surface area contributed by atoms with Crippen LogP contribution in [0.3, 0.4) is 0 Å². The number of fused-ring (bicyclic) bond motifs is 12. The molecule has 0 N–H and O–H groups in total. The molecule has 13 rings (SSSR count). The van der Waals surface area contributed by atoms with Crippen LogP contribution in [-0.4, -0.2) is 4.57 Å². The zero-order valence-electron chi connectivity index (χ0n) is 41.3. The standard InChI is InChI=1S/C69H62N2/c1-3-5-20-47-44-48(21-6-4-2)46-54(45-47)71-64-33-17-13-27-59(64)67-55(28-18-34-65(67)71)51-38-42-53(43-39-51)70(52-40-36-50(37-41-52)49-22-8-7-9-23-49)66-35-19-32-63-68(66)58-26-12-16-31-62(58)69(63)60-29-14-10-24-56(60)57-25-11-15-30-61(57)69/h7-18,22-31,33-35,38-40,42-46,50H,3-6,19-21,32,36-37,41H2,1-2H3. The molecule has 0 bridgehead atoms. The summed E-state index contributed by atoms with van der Waals surface area (Å²) in [6, 6.07) is 72.1. The van der Waals surface area contributed by atoms with E-state index in [4.69, 9.17) is 0 Å². The summed E-state index contributed by atoms with van der Waals surface area (Å²) in [5, 5.41) is 2.62. The average molecular weight is 919 g/mol. The molecular formula is C69H62N2. The van der Waals surface area contributed by atoms with E-state index >= 15 is 0 Å². The summed E-state index contributed by atoms with van der Waals surface area (Å²) in [5.41, 5.74) is 25.7. The van der Waals surface area contributed by atoms with Crippen LogP contribution in [0.15, 0.2) is 217 Å². The van der Waals surface area contributed by atoms with Gasteiger partial charge in [0.1, 0.15) is 0 Å². The van der Waals surface area contributed by atoms with Crippen LogP contribution >= 0.6 is 0 Å². The monoisotopic (exact) mass is 918 g/mol. The van der Waals surface area contributed by atoms with Crippen molar-refractivity contribution in [2.45, 2.75) is 95.8 Å². The van der Waals surface area contributed by atoms with E-state index < -0.39 is 0 Å². The van der Waals surface area contributed by atoms with Crippen LogP contribution in [-0.2, 0) is 18.3 Å². The summed E-state index contributed by atoms with van der Waals surface area (Å²) in [5.74, 6) is 0.519. The van der Waals surface area contributed by atoms with E-state index in [2.05, 4.69) is 224 Å². The van der Waals surface area contributed by atoms with Gasteiger partial charge in [-0.2, -0.15) is 0 Å².